The quantitative estimate of drug-likeness (QED) is 0.761. The van der Waals surface area contributed by atoms with Crippen LogP contribution in [0.1, 0.15) is 44.8 Å². The van der Waals surface area contributed by atoms with E-state index in [2.05, 4.69) is 31.1 Å². The summed E-state index contributed by atoms with van der Waals surface area (Å²) < 4.78 is 4.88. The zero-order valence-electron chi connectivity index (χ0n) is 10.4. The van der Waals surface area contributed by atoms with E-state index in [1.54, 1.807) is 11.3 Å². The fourth-order valence-corrected chi connectivity index (χ4v) is 2.24. The first-order valence-corrected chi connectivity index (χ1v) is 6.42. The Kier molecular flexibility index (Phi) is 4.47. The molecule has 16 heavy (non-hydrogen) atoms. The number of aromatic nitrogens is 1. The Bertz CT molecular complexity index is 352. The molecule has 0 spiro atoms. The largest absolute Gasteiger partial charge is 0.466 e. The van der Waals surface area contributed by atoms with Gasteiger partial charge in [0.15, 0.2) is 0 Å². The maximum Gasteiger partial charge on any atom is 0.306 e. The van der Waals surface area contributed by atoms with Crippen molar-refractivity contribution in [2.45, 2.75) is 46.0 Å². The number of hydrogen-bond acceptors (Lipinski definition) is 4. The highest BCUT2D eigenvalue weighted by Gasteiger charge is 2.17. The zero-order valence-corrected chi connectivity index (χ0v) is 11.2. The third-order valence-electron chi connectivity index (χ3n) is 2.17. The molecule has 90 valence electrons. The van der Waals surface area contributed by atoms with Crippen molar-refractivity contribution in [1.82, 2.24) is 4.98 Å². The summed E-state index contributed by atoms with van der Waals surface area (Å²) in [5.74, 6) is -0.144. The molecule has 0 fully saturated rings. The molecule has 0 atom stereocenters. The summed E-state index contributed by atoms with van der Waals surface area (Å²) in [6.45, 7) is 8.68. The number of carbonyl (C=O) groups is 1. The van der Waals surface area contributed by atoms with Gasteiger partial charge in [-0.3, -0.25) is 4.79 Å². The first-order valence-electron chi connectivity index (χ1n) is 5.54. The van der Waals surface area contributed by atoms with Gasteiger partial charge < -0.3 is 4.74 Å². The predicted octanol–water partition coefficient (Wildman–Crippen LogP) is 2.94. The molecule has 0 unspecified atom stereocenters. The molecule has 0 aliphatic heterocycles. The van der Waals surface area contributed by atoms with Crippen molar-refractivity contribution in [3.63, 3.8) is 0 Å². The van der Waals surface area contributed by atoms with Crippen LogP contribution in [0.15, 0.2) is 5.38 Å². The molecule has 0 bridgehead atoms. The average Bonchev–Trinajstić information content (AvgIpc) is 2.63. The van der Waals surface area contributed by atoms with Gasteiger partial charge in [0, 0.05) is 17.2 Å². The molecule has 1 aromatic rings. The van der Waals surface area contributed by atoms with E-state index < -0.39 is 0 Å². The summed E-state index contributed by atoms with van der Waals surface area (Å²) in [6, 6.07) is 0. The van der Waals surface area contributed by atoms with Gasteiger partial charge in [-0.05, 0) is 6.92 Å². The molecule has 0 aromatic carbocycles. The minimum atomic E-state index is -0.144. The van der Waals surface area contributed by atoms with Gasteiger partial charge in [-0.2, -0.15) is 0 Å². The maximum absolute atomic E-state index is 11.2. The van der Waals surface area contributed by atoms with Gasteiger partial charge in [0.05, 0.1) is 23.7 Å². The molecule has 4 heteroatoms. The number of rotatable bonds is 4. The third-order valence-corrected chi connectivity index (χ3v) is 3.08. The number of thiazole rings is 1. The molecule has 1 heterocycles. The van der Waals surface area contributed by atoms with E-state index in [0.29, 0.717) is 19.4 Å². The minimum Gasteiger partial charge on any atom is -0.466 e. The monoisotopic (exact) mass is 241 g/mol. The van der Waals surface area contributed by atoms with Crippen LogP contribution in [0.25, 0.3) is 0 Å². The molecule has 0 radical (unpaired) electrons. The van der Waals surface area contributed by atoms with E-state index >= 15 is 0 Å². The Balaban J connectivity index is 2.50. The third kappa shape index (κ3) is 3.93. The van der Waals surface area contributed by atoms with Gasteiger partial charge in [0.1, 0.15) is 0 Å². The van der Waals surface area contributed by atoms with Crippen LogP contribution in [-0.2, 0) is 21.4 Å². The van der Waals surface area contributed by atoms with Crippen molar-refractivity contribution in [3.05, 3.63) is 16.1 Å². The van der Waals surface area contributed by atoms with E-state index in [4.69, 9.17) is 4.74 Å². The van der Waals surface area contributed by atoms with Crippen molar-refractivity contribution >= 4 is 17.3 Å². The van der Waals surface area contributed by atoms with Crippen LogP contribution in [0.4, 0.5) is 0 Å². The highest BCUT2D eigenvalue weighted by atomic mass is 32.1. The SMILES string of the molecule is CCOC(=O)CCc1nc(C(C)(C)C)cs1. The molecular weight excluding hydrogens is 222 g/mol. The number of nitrogens with zero attached hydrogens (tertiary/aromatic N) is 1. The van der Waals surface area contributed by atoms with Crippen molar-refractivity contribution in [2.24, 2.45) is 0 Å². The minimum absolute atomic E-state index is 0.0820. The molecule has 0 aliphatic carbocycles. The molecule has 0 aliphatic rings. The Morgan fingerprint density at radius 2 is 2.19 bits per heavy atom. The first-order chi connectivity index (χ1) is 7.43. The number of hydrogen-bond donors (Lipinski definition) is 0. The number of carbonyl (C=O) groups excluding carboxylic acids is 1. The molecule has 1 rings (SSSR count). The molecule has 0 amide bonds. The zero-order chi connectivity index (χ0) is 12.2. The first kappa shape index (κ1) is 13.2. The van der Waals surface area contributed by atoms with Gasteiger partial charge >= 0.3 is 5.97 Å². The standard InChI is InChI=1S/C12H19NO2S/c1-5-15-11(14)7-6-10-13-9(8-16-10)12(2,3)4/h8H,5-7H2,1-4H3. The summed E-state index contributed by atoms with van der Waals surface area (Å²) in [4.78, 5) is 15.7. The second kappa shape index (κ2) is 5.43. The van der Waals surface area contributed by atoms with Gasteiger partial charge in [-0.1, -0.05) is 20.8 Å². The van der Waals surface area contributed by atoms with Gasteiger partial charge in [-0.25, -0.2) is 4.98 Å². The van der Waals surface area contributed by atoms with Crippen molar-refractivity contribution in [1.29, 1.82) is 0 Å². The summed E-state index contributed by atoms with van der Waals surface area (Å²) in [7, 11) is 0. The van der Waals surface area contributed by atoms with E-state index in [9.17, 15) is 4.79 Å². The van der Waals surface area contributed by atoms with E-state index in [1.807, 2.05) is 6.92 Å². The number of ether oxygens (including phenoxy) is 1. The summed E-state index contributed by atoms with van der Waals surface area (Å²) in [5.41, 5.74) is 1.18. The van der Waals surface area contributed by atoms with Gasteiger partial charge in [0.2, 0.25) is 0 Å². The van der Waals surface area contributed by atoms with E-state index in [-0.39, 0.29) is 11.4 Å². The van der Waals surface area contributed by atoms with Crippen LogP contribution in [0.2, 0.25) is 0 Å². The van der Waals surface area contributed by atoms with Crippen LogP contribution in [0.3, 0.4) is 0 Å². The van der Waals surface area contributed by atoms with E-state index in [0.717, 1.165) is 10.7 Å². The van der Waals surface area contributed by atoms with Crippen LogP contribution in [0.5, 0.6) is 0 Å². The highest BCUT2D eigenvalue weighted by Crippen LogP contribution is 2.24. The van der Waals surface area contributed by atoms with Gasteiger partial charge in [0.25, 0.3) is 0 Å². The predicted molar refractivity (Wildman–Crippen MR) is 65.8 cm³/mol. The number of aryl methyl sites for hydroxylation is 1. The second-order valence-electron chi connectivity index (χ2n) is 4.68. The summed E-state index contributed by atoms with van der Waals surface area (Å²) >= 11 is 1.62. The lowest BCUT2D eigenvalue weighted by molar-refractivity contribution is -0.143. The molecule has 0 N–H and O–H groups in total. The van der Waals surface area contributed by atoms with Crippen LogP contribution >= 0.6 is 11.3 Å². The van der Waals surface area contributed by atoms with Gasteiger partial charge in [-0.15, -0.1) is 11.3 Å². The molecule has 1 aromatic heterocycles. The normalized spacial score (nSPS) is 11.5. The molecule has 3 nitrogen and oxygen atoms in total. The van der Waals surface area contributed by atoms with Crippen molar-refractivity contribution < 1.29 is 9.53 Å². The smallest absolute Gasteiger partial charge is 0.306 e. The molecule has 0 saturated heterocycles. The lowest BCUT2D eigenvalue weighted by Crippen LogP contribution is -2.11. The van der Waals surface area contributed by atoms with Crippen molar-refractivity contribution in [3.8, 4) is 0 Å². The van der Waals surface area contributed by atoms with E-state index in [1.165, 1.54) is 0 Å². The topological polar surface area (TPSA) is 39.2 Å². The van der Waals surface area contributed by atoms with Crippen LogP contribution < -0.4 is 0 Å². The molecular formula is C12H19NO2S. The Morgan fingerprint density at radius 3 is 2.69 bits per heavy atom. The average molecular weight is 241 g/mol. The van der Waals surface area contributed by atoms with Crippen molar-refractivity contribution in [2.75, 3.05) is 6.61 Å². The van der Waals surface area contributed by atoms with Crippen LogP contribution in [0, 0.1) is 0 Å². The fraction of sp³-hybridized carbons (Fsp3) is 0.667. The number of esters is 1. The summed E-state index contributed by atoms with van der Waals surface area (Å²) in [6.07, 6.45) is 1.10. The fourth-order valence-electron chi connectivity index (χ4n) is 1.21. The molecule has 0 saturated carbocycles. The van der Waals surface area contributed by atoms with Crippen LogP contribution in [-0.4, -0.2) is 17.6 Å². The Morgan fingerprint density at radius 1 is 1.50 bits per heavy atom. The summed E-state index contributed by atoms with van der Waals surface area (Å²) in [5, 5.41) is 3.08. The Hall–Kier alpha value is -0.900. The maximum atomic E-state index is 11.2. The lowest BCUT2D eigenvalue weighted by Gasteiger charge is -2.14. The lowest BCUT2D eigenvalue weighted by atomic mass is 9.93. The Labute approximate surface area is 101 Å². The highest BCUT2D eigenvalue weighted by molar-refractivity contribution is 7.09. The second-order valence-corrected chi connectivity index (χ2v) is 5.62.